The van der Waals surface area contributed by atoms with Crippen LogP contribution in [-0.4, -0.2) is 16.2 Å². The molecule has 0 bridgehead atoms. The summed E-state index contributed by atoms with van der Waals surface area (Å²) in [6.07, 6.45) is 0.428. The minimum Gasteiger partial charge on any atom is -0.289 e. The van der Waals surface area contributed by atoms with Crippen molar-refractivity contribution >= 4 is 5.78 Å². The fourth-order valence-corrected chi connectivity index (χ4v) is 2.90. The van der Waals surface area contributed by atoms with Gasteiger partial charge in [0.2, 0.25) is 5.54 Å². The molecule has 0 aliphatic heterocycles. The van der Waals surface area contributed by atoms with Crippen LogP contribution >= 0.6 is 0 Å². The Balaban J connectivity index is 2.35. The second kappa shape index (κ2) is 6.56. The van der Waals surface area contributed by atoms with Gasteiger partial charge in [0.1, 0.15) is 0 Å². The third kappa shape index (κ3) is 2.96. The summed E-state index contributed by atoms with van der Waals surface area (Å²) in [5.41, 5.74) is 0.346. The zero-order valence-corrected chi connectivity index (χ0v) is 14.6. The number of benzene rings is 2. The summed E-state index contributed by atoms with van der Waals surface area (Å²) in [7, 11) is 0. The lowest BCUT2D eigenvalue weighted by Crippen LogP contribution is -2.51. The third-order valence-corrected chi connectivity index (χ3v) is 5.34. The van der Waals surface area contributed by atoms with E-state index in [-0.39, 0.29) is 10.7 Å². The van der Waals surface area contributed by atoms with E-state index in [1.54, 1.807) is 31.2 Å². The molecule has 0 fully saturated rings. The summed E-state index contributed by atoms with van der Waals surface area (Å²) in [6.45, 7) is 7.27. The summed E-state index contributed by atoms with van der Waals surface area (Å²) in [5.74, 6) is -0.0486. The molecule has 126 valence electrons. The van der Waals surface area contributed by atoms with Crippen LogP contribution < -0.4 is 0 Å². The zero-order valence-electron chi connectivity index (χ0n) is 14.6. The van der Waals surface area contributed by atoms with Crippen molar-refractivity contribution in [2.45, 2.75) is 45.1 Å². The van der Waals surface area contributed by atoms with Gasteiger partial charge in [-0.2, -0.15) is 0 Å². The Hall–Kier alpha value is -2.49. The van der Waals surface area contributed by atoms with E-state index in [1.807, 2.05) is 51.1 Å². The van der Waals surface area contributed by atoms with Crippen LogP contribution in [0.25, 0.3) is 0 Å². The lowest BCUT2D eigenvalue weighted by atomic mass is 9.67. The Morgan fingerprint density at radius 1 is 0.958 bits per heavy atom. The van der Waals surface area contributed by atoms with Crippen molar-refractivity contribution in [1.82, 2.24) is 0 Å². The molecule has 0 N–H and O–H groups in total. The molecule has 4 nitrogen and oxygen atoms in total. The van der Waals surface area contributed by atoms with Gasteiger partial charge in [-0.05, 0) is 19.4 Å². The van der Waals surface area contributed by atoms with Crippen LogP contribution in [0.15, 0.2) is 54.6 Å². The minimum atomic E-state index is -1.07. The van der Waals surface area contributed by atoms with E-state index in [4.69, 9.17) is 0 Å². The van der Waals surface area contributed by atoms with Crippen molar-refractivity contribution in [2.24, 2.45) is 0 Å². The molecule has 2 rings (SSSR count). The van der Waals surface area contributed by atoms with E-state index in [1.165, 1.54) is 0 Å². The highest BCUT2D eigenvalue weighted by molar-refractivity contribution is 6.08. The molecule has 0 aromatic heterocycles. The van der Waals surface area contributed by atoms with Gasteiger partial charge in [0.25, 0.3) is 0 Å². The van der Waals surface area contributed by atoms with Crippen LogP contribution in [0.4, 0.5) is 0 Å². The lowest BCUT2D eigenvalue weighted by molar-refractivity contribution is -0.578. The van der Waals surface area contributed by atoms with E-state index in [2.05, 4.69) is 0 Å². The quantitative estimate of drug-likeness (QED) is 0.441. The monoisotopic (exact) mass is 325 g/mol. The summed E-state index contributed by atoms with van der Waals surface area (Å²) >= 11 is 0. The van der Waals surface area contributed by atoms with Crippen molar-refractivity contribution < 1.29 is 9.72 Å². The maximum atomic E-state index is 12.5. The highest BCUT2D eigenvalue weighted by Crippen LogP contribution is 2.39. The first-order valence-corrected chi connectivity index (χ1v) is 8.09. The predicted molar refractivity (Wildman–Crippen MR) is 95.0 cm³/mol. The highest BCUT2D eigenvalue weighted by Gasteiger charge is 2.51. The molecule has 0 saturated carbocycles. The topological polar surface area (TPSA) is 60.2 Å². The van der Waals surface area contributed by atoms with Crippen molar-refractivity contribution in [3.63, 3.8) is 0 Å². The summed E-state index contributed by atoms with van der Waals surface area (Å²) in [5, 5.41) is 11.6. The van der Waals surface area contributed by atoms with E-state index in [9.17, 15) is 14.9 Å². The molecule has 1 atom stereocenters. The number of hydrogen-bond donors (Lipinski definition) is 0. The average molecular weight is 325 g/mol. The normalized spacial score (nSPS) is 14.0. The molecule has 0 aliphatic carbocycles. The Morgan fingerprint density at radius 3 is 1.92 bits per heavy atom. The molecular formula is C20H23NO3. The van der Waals surface area contributed by atoms with Gasteiger partial charge in [-0.15, -0.1) is 0 Å². The summed E-state index contributed by atoms with van der Waals surface area (Å²) in [4.78, 5) is 23.8. The standard InChI is InChI=1S/C20H23NO3/c1-5-20(4,21(23)24)19(2,3)17-13-11-16(12-14-17)18(22)15-9-7-6-8-10-15/h6-14H,5H2,1-4H3/t20-/m1/s1. The molecule has 2 aromatic rings. The molecule has 0 amide bonds. The largest absolute Gasteiger partial charge is 0.289 e. The zero-order chi connectivity index (χ0) is 18.0. The predicted octanol–water partition coefficient (Wildman–Crippen LogP) is 4.64. The summed E-state index contributed by atoms with van der Waals surface area (Å²) < 4.78 is 0. The molecule has 0 heterocycles. The molecule has 4 heteroatoms. The number of nitrogens with zero attached hydrogens (tertiary/aromatic N) is 1. The van der Waals surface area contributed by atoms with Crippen LogP contribution in [0.3, 0.4) is 0 Å². The second-order valence-corrected chi connectivity index (χ2v) is 6.78. The van der Waals surface area contributed by atoms with Crippen molar-refractivity contribution in [3.05, 3.63) is 81.4 Å². The van der Waals surface area contributed by atoms with Gasteiger partial charge in [0.05, 0.1) is 5.41 Å². The SMILES string of the molecule is CC[C@@](C)([N+](=O)[O-])C(C)(C)c1ccc(C(=O)c2ccccc2)cc1. The second-order valence-electron chi connectivity index (χ2n) is 6.78. The average Bonchev–Trinajstić information content (AvgIpc) is 2.60. The van der Waals surface area contributed by atoms with Crippen LogP contribution in [0, 0.1) is 10.1 Å². The number of carbonyl (C=O) groups is 1. The fraction of sp³-hybridized carbons (Fsp3) is 0.350. The molecule has 2 aromatic carbocycles. The maximum absolute atomic E-state index is 12.5. The first kappa shape index (κ1) is 17.9. The van der Waals surface area contributed by atoms with Gasteiger partial charge in [-0.3, -0.25) is 14.9 Å². The molecular weight excluding hydrogens is 302 g/mol. The van der Waals surface area contributed by atoms with Gasteiger partial charge in [0, 0.05) is 29.4 Å². The van der Waals surface area contributed by atoms with Gasteiger partial charge in [-0.1, -0.05) is 61.5 Å². The Labute approximate surface area is 142 Å². The highest BCUT2D eigenvalue weighted by atomic mass is 16.6. The molecule has 0 saturated heterocycles. The van der Waals surface area contributed by atoms with E-state index in [0.717, 1.165) is 5.56 Å². The van der Waals surface area contributed by atoms with Gasteiger partial charge in [-0.25, -0.2) is 0 Å². The number of nitro groups is 1. The molecule has 0 spiro atoms. The Bertz CT molecular complexity index is 735. The van der Waals surface area contributed by atoms with Crippen LogP contribution in [0.5, 0.6) is 0 Å². The maximum Gasteiger partial charge on any atom is 0.228 e. The van der Waals surface area contributed by atoms with Crippen LogP contribution in [0.1, 0.15) is 55.6 Å². The van der Waals surface area contributed by atoms with Crippen LogP contribution in [-0.2, 0) is 5.41 Å². The molecule has 0 unspecified atom stereocenters. The lowest BCUT2D eigenvalue weighted by Gasteiger charge is -2.36. The number of rotatable bonds is 6. The van der Waals surface area contributed by atoms with E-state index < -0.39 is 11.0 Å². The van der Waals surface area contributed by atoms with Crippen LogP contribution in [0.2, 0.25) is 0 Å². The van der Waals surface area contributed by atoms with Crippen molar-refractivity contribution in [1.29, 1.82) is 0 Å². The Morgan fingerprint density at radius 2 is 1.46 bits per heavy atom. The number of ketones is 1. The minimum absolute atomic E-state index is 0.0486. The molecule has 24 heavy (non-hydrogen) atoms. The molecule has 0 aliphatic rings. The van der Waals surface area contributed by atoms with E-state index >= 15 is 0 Å². The van der Waals surface area contributed by atoms with Gasteiger partial charge in [0.15, 0.2) is 5.78 Å². The van der Waals surface area contributed by atoms with Gasteiger partial charge >= 0.3 is 0 Å². The third-order valence-electron chi connectivity index (χ3n) is 5.34. The number of hydrogen-bond acceptors (Lipinski definition) is 3. The first-order valence-electron chi connectivity index (χ1n) is 8.09. The Kier molecular flexibility index (Phi) is 4.88. The van der Waals surface area contributed by atoms with Crippen molar-refractivity contribution in [2.75, 3.05) is 0 Å². The smallest absolute Gasteiger partial charge is 0.228 e. The van der Waals surface area contributed by atoms with E-state index in [0.29, 0.717) is 17.5 Å². The fourth-order valence-electron chi connectivity index (χ4n) is 2.90. The molecule has 0 radical (unpaired) electrons. The number of carbonyl (C=O) groups excluding carboxylic acids is 1. The first-order chi connectivity index (χ1) is 11.2. The van der Waals surface area contributed by atoms with Crippen molar-refractivity contribution in [3.8, 4) is 0 Å². The summed E-state index contributed by atoms with van der Waals surface area (Å²) in [6, 6.07) is 16.2. The van der Waals surface area contributed by atoms with Gasteiger partial charge < -0.3 is 0 Å².